The van der Waals surface area contributed by atoms with Crippen molar-refractivity contribution in [3.63, 3.8) is 0 Å². The summed E-state index contributed by atoms with van der Waals surface area (Å²) in [4.78, 5) is 14.7. The van der Waals surface area contributed by atoms with E-state index in [0.29, 0.717) is 5.82 Å². The first-order valence-electron chi connectivity index (χ1n) is 5.20. The molecule has 2 rings (SSSR count). The second-order valence-corrected chi connectivity index (χ2v) is 5.42. The average molecular weight is 281 g/mol. The van der Waals surface area contributed by atoms with Crippen molar-refractivity contribution in [1.29, 1.82) is 0 Å². The molecule has 9 heteroatoms. The molecule has 4 N–H and O–H groups in total. The van der Waals surface area contributed by atoms with Gasteiger partial charge >= 0.3 is 0 Å². The number of primary amides is 1. The van der Waals surface area contributed by atoms with E-state index in [4.69, 9.17) is 5.73 Å². The summed E-state index contributed by atoms with van der Waals surface area (Å²) in [5, 5.41) is 6.19. The number of hydrogen-bond donors (Lipinski definition) is 3. The molecular weight excluding hydrogens is 270 g/mol. The third-order valence-electron chi connectivity index (χ3n) is 2.27. The number of nitrogens with one attached hydrogen (secondary N) is 2. The topological polar surface area (TPSA) is 131 Å². The van der Waals surface area contributed by atoms with E-state index in [1.165, 1.54) is 24.3 Å². The minimum absolute atomic E-state index is 0.0139. The number of carbonyl (C=O) groups excluding carboxylic acids is 1. The van der Waals surface area contributed by atoms with Crippen molar-refractivity contribution in [3.05, 3.63) is 35.7 Å². The normalized spacial score (nSPS) is 11.2. The monoisotopic (exact) mass is 281 g/mol. The maximum Gasteiger partial charge on any atom is 0.264 e. The molecule has 1 amide bonds. The van der Waals surface area contributed by atoms with Gasteiger partial charge in [-0.05, 0) is 31.2 Å². The third-order valence-corrected chi connectivity index (χ3v) is 3.62. The molecular formula is C10H11N5O3S. The fraction of sp³-hybridized carbons (Fsp3) is 0.100. The lowest BCUT2D eigenvalue weighted by atomic mass is 10.2. The summed E-state index contributed by atoms with van der Waals surface area (Å²) >= 11 is 0. The minimum Gasteiger partial charge on any atom is -0.366 e. The Balaban J connectivity index is 2.26. The molecule has 0 fully saturated rings. The Morgan fingerprint density at radius 1 is 1.32 bits per heavy atom. The summed E-state index contributed by atoms with van der Waals surface area (Å²) in [6.45, 7) is 1.65. The van der Waals surface area contributed by atoms with Crippen molar-refractivity contribution in [2.45, 2.75) is 11.8 Å². The van der Waals surface area contributed by atoms with Crippen LogP contribution in [0.15, 0.2) is 29.2 Å². The Morgan fingerprint density at radius 2 is 1.95 bits per heavy atom. The van der Waals surface area contributed by atoms with E-state index >= 15 is 0 Å². The average Bonchev–Trinajstić information content (AvgIpc) is 2.74. The molecule has 0 saturated carbocycles. The number of sulfonamides is 1. The fourth-order valence-corrected chi connectivity index (χ4v) is 2.31. The molecule has 100 valence electrons. The van der Waals surface area contributed by atoms with Gasteiger partial charge in [-0.25, -0.2) is 13.1 Å². The van der Waals surface area contributed by atoms with Crippen LogP contribution in [0.5, 0.6) is 0 Å². The molecule has 2 aromatic rings. The number of rotatable bonds is 4. The summed E-state index contributed by atoms with van der Waals surface area (Å²) in [6.07, 6.45) is 0. The quantitative estimate of drug-likeness (QED) is 0.726. The number of H-pyrrole nitrogens is 1. The predicted octanol–water partition coefficient (Wildman–Crippen LogP) is 0.0128. The maximum atomic E-state index is 12.0. The zero-order chi connectivity index (χ0) is 14.0. The number of amides is 1. The van der Waals surface area contributed by atoms with E-state index in [1.807, 2.05) is 0 Å². The standard InChI is InChI=1S/C10H11N5O3S/c1-6-12-10(14-13-6)15-19(17,18)8-4-2-7(3-5-8)9(11)16/h2-5H,1H3,(H2,11,16)(H2,12,13,14,15). The molecule has 0 aliphatic rings. The smallest absolute Gasteiger partial charge is 0.264 e. The number of nitrogens with zero attached hydrogens (tertiary/aromatic N) is 2. The molecule has 1 aromatic carbocycles. The first-order chi connectivity index (χ1) is 8.88. The maximum absolute atomic E-state index is 12.0. The Hall–Kier alpha value is -2.42. The van der Waals surface area contributed by atoms with Crippen molar-refractivity contribution in [2.24, 2.45) is 5.73 Å². The zero-order valence-electron chi connectivity index (χ0n) is 9.91. The van der Waals surface area contributed by atoms with E-state index in [0.717, 1.165) is 0 Å². The summed E-state index contributed by atoms with van der Waals surface area (Å²) in [7, 11) is -3.79. The molecule has 8 nitrogen and oxygen atoms in total. The SMILES string of the molecule is Cc1nc(NS(=O)(=O)c2ccc(C(N)=O)cc2)n[nH]1. The van der Waals surface area contributed by atoms with Crippen LogP contribution in [0.4, 0.5) is 5.95 Å². The molecule has 0 saturated heterocycles. The van der Waals surface area contributed by atoms with Crippen LogP contribution < -0.4 is 10.5 Å². The van der Waals surface area contributed by atoms with Crippen molar-refractivity contribution < 1.29 is 13.2 Å². The van der Waals surface area contributed by atoms with Crippen molar-refractivity contribution in [1.82, 2.24) is 15.2 Å². The van der Waals surface area contributed by atoms with Crippen LogP contribution >= 0.6 is 0 Å². The van der Waals surface area contributed by atoms with Gasteiger partial charge in [-0.3, -0.25) is 9.89 Å². The Bertz CT molecular complexity index is 705. The molecule has 0 spiro atoms. The summed E-state index contributed by atoms with van der Waals surface area (Å²) in [5.41, 5.74) is 5.30. The second kappa shape index (κ2) is 4.69. The van der Waals surface area contributed by atoms with E-state index in [9.17, 15) is 13.2 Å². The lowest BCUT2D eigenvalue weighted by Crippen LogP contribution is -2.15. The van der Waals surface area contributed by atoms with Crippen LogP contribution in [0.1, 0.15) is 16.2 Å². The lowest BCUT2D eigenvalue weighted by molar-refractivity contribution is 0.1000. The van der Waals surface area contributed by atoms with E-state index in [1.54, 1.807) is 6.92 Å². The summed E-state index contributed by atoms with van der Waals surface area (Å²) in [5.74, 6) is -0.181. The van der Waals surface area contributed by atoms with Crippen molar-refractivity contribution >= 4 is 21.9 Å². The molecule has 0 unspecified atom stereocenters. The number of hydrogen-bond acceptors (Lipinski definition) is 5. The van der Waals surface area contributed by atoms with Gasteiger partial charge in [0, 0.05) is 5.56 Å². The molecule has 19 heavy (non-hydrogen) atoms. The van der Waals surface area contributed by atoms with Crippen LogP contribution in [-0.4, -0.2) is 29.5 Å². The fourth-order valence-electron chi connectivity index (χ4n) is 1.37. The zero-order valence-corrected chi connectivity index (χ0v) is 10.7. The third kappa shape index (κ3) is 2.88. The number of anilines is 1. The van der Waals surface area contributed by atoms with Gasteiger partial charge in [-0.1, -0.05) is 0 Å². The highest BCUT2D eigenvalue weighted by molar-refractivity contribution is 7.92. The van der Waals surface area contributed by atoms with Gasteiger partial charge in [0.2, 0.25) is 5.91 Å². The number of benzene rings is 1. The van der Waals surface area contributed by atoms with Gasteiger partial charge < -0.3 is 5.73 Å². The highest BCUT2D eigenvalue weighted by atomic mass is 32.2. The largest absolute Gasteiger partial charge is 0.366 e. The first kappa shape index (κ1) is 13.0. The number of carbonyl (C=O) groups is 1. The van der Waals surface area contributed by atoms with Gasteiger partial charge in [0.15, 0.2) is 0 Å². The Morgan fingerprint density at radius 3 is 2.42 bits per heavy atom. The van der Waals surface area contributed by atoms with Crippen molar-refractivity contribution in [2.75, 3.05) is 4.72 Å². The van der Waals surface area contributed by atoms with Crippen molar-refractivity contribution in [3.8, 4) is 0 Å². The van der Waals surface area contributed by atoms with Gasteiger partial charge in [-0.2, -0.15) is 4.98 Å². The molecule has 1 heterocycles. The van der Waals surface area contributed by atoms with Crippen LogP contribution in [0, 0.1) is 6.92 Å². The highest BCUT2D eigenvalue weighted by Crippen LogP contribution is 2.13. The summed E-state index contributed by atoms with van der Waals surface area (Å²) < 4.78 is 26.1. The van der Waals surface area contributed by atoms with E-state index < -0.39 is 15.9 Å². The van der Waals surface area contributed by atoms with Gasteiger partial charge in [0.05, 0.1) is 4.90 Å². The first-order valence-corrected chi connectivity index (χ1v) is 6.68. The molecule has 0 bridgehead atoms. The molecule has 0 aliphatic heterocycles. The molecule has 0 radical (unpaired) electrons. The Kier molecular flexibility index (Phi) is 3.21. The molecule has 1 aromatic heterocycles. The molecule has 0 atom stereocenters. The lowest BCUT2D eigenvalue weighted by Gasteiger charge is -2.04. The van der Waals surface area contributed by atoms with Crippen LogP contribution in [0.3, 0.4) is 0 Å². The number of aromatic amines is 1. The van der Waals surface area contributed by atoms with Crippen LogP contribution in [-0.2, 0) is 10.0 Å². The van der Waals surface area contributed by atoms with Crippen LogP contribution in [0.25, 0.3) is 0 Å². The van der Waals surface area contributed by atoms with E-state index in [2.05, 4.69) is 19.9 Å². The number of aryl methyl sites for hydroxylation is 1. The second-order valence-electron chi connectivity index (χ2n) is 3.74. The van der Waals surface area contributed by atoms with Crippen LogP contribution in [0.2, 0.25) is 0 Å². The van der Waals surface area contributed by atoms with E-state index in [-0.39, 0.29) is 16.4 Å². The highest BCUT2D eigenvalue weighted by Gasteiger charge is 2.16. The van der Waals surface area contributed by atoms with Gasteiger partial charge in [0.25, 0.3) is 16.0 Å². The Labute approximate surface area is 109 Å². The minimum atomic E-state index is -3.79. The molecule has 0 aliphatic carbocycles. The predicted molar refractivity (Wildman–Crippen MR) is 66.9 cm³/mol. The number of aromatic nitrogens is 3. The summed E-state index contributed by atoms with van der Waals surface area (Å²) in [6, 6.07) is 5.23. The van der Waals surface area contributed by atoms with Gasteiger partial charge in [-0.15, -0.1) is 5.10 Å². The number of nitrogens with two attached hydrogens (primary N) is 1. The van der Waals surface area contributed by atoms with Gasteiger partial charge in [0.1, 0.15) is 5.82 Å².